The summed E-state index contributed by atoms with van der Waals surface area (Å²) in [6, 6.07) is 6.78. The van der Waals surface area contributed by atoms with Crippen molar-refractivity contribution in [3.63, 3.8) is 0 Å². The van der Waals surface area contributed by atoms with Crippen molar-refractivity contribution in [1.82, 2.24) is 4.57 Å². The Kier molecular flexibility index (Phi) is 5.15. The molecule has 1 aliphatic rings. The van der Waals surface area contributed by atoms with Gasteiger partial charge in [-0.05, 0) is 58.2 Å². The number of aromatic nitrogens is 1. The Morgan fingerprint density at radius 2 is 1.83 bits per heavy atom. The maximum Gasteiger partial charge on any atom is 0.185 e. The Morgan fingerprint density at radius 3 is 2.33 bits per heavy atom. The van der Waals surface area contributed by atoms with Gasteiger partial charge >= 0.3 is 0 Å². The lowest BCUT2D eigenvalue weighted by molar-refractivity contribution is 0.278. The fourth-order valence-corrected chi connectivity index (χ4v) is 5.05. The van der Waals surface area contributed by atoms with Crippen molar-refractivity contribution in [2.45, 2.75) is 64.5 Å². The summed E-state index contributed by atoms with van der Waals surface area (Å²) >= 11 is 14.2. The standard InChI is InChI=1S/C19H24Cl2N2S/c1-12(2)22-18-23(13(3)4)17(11-24-18)19(8-5-9-19)14-6-7-15(20)16(21)10-14/h6-7,10-13H,5,8-9H2,1-4H3/b22-18+. The highest BCUT2D eigenvalue weighted by Gasteiger charge is 2.43. The second kappa shape index (κ2) is 6.86. The predicted molar refractivity (Wildman–Crippen MR) is 104 cm³/mol. The first-order valence-electron chi connectivity index (χ1n) is 8.55. The molecule has 0 spiro atoms. The number of rotatable bonds is 4. The third-order valence-electron chi connectivity index (χ3n) is 4.80. The van der Waals surface area contributed by atoms with E-state index in [-0.39, 0.29) is 5.41 Å². The fourth-order valence-electron chi connectivity index (χ4n) is 3.50. The molecule has 2 nitrogen and oxygen atoms in total. The summed E-state index contributed by atoms with van der Waals surface area (Å²) in [5.74, 6) is 0. The lowest BCUT2D eigenvalue weighted by Crippen LogP contribution is -2.39. The molecule has 0 aliphatic heterocycles. The molecule has 0 unspecified atom stereocenters. The molecule has 130 valence electrons. The second-order valence-corrected chi connectivity index (χ2v) is 8.81. The van der Waals surface area contributed by atoms with Crippen LogP contribution in [0.3, 0.4) is 0 Å². The summed E-state index contributed by atoms with van der Waals surface area (Å²) in [6.07, 6.45) is 3.54. The summed E-state index contributed by atoms with van der Waals surface area (Å²) in [5.41, 5.74) is 2.68. The van der Waals surface area contributed by atoms with Crippen LogP contribution < -0.4 is 4.80 Å². The van der Waals surface area contributed by atoms with Gasteiger partial charge < -0.3 is 4.57 Å². The first-order valence-corrected chi connectivity index (χ1v) is 10.2. The molecule has 1 fully saturated rings. The zero-order chi connectivity index (χ0) is 17.5. The van der Waals surface area contributed by atoms with Crippen LogP contribution in [0.4, 0.5) is 0 Å². The van der Waals surface area contributed by atoms with E-state index in [0.29, 0.717) is 22.1 Å². The largest absolute Gasteiger partial charge is 0.318 e. The van der Waals surface area contributed by atoms with Crippen LogP contribution in [0.15, 0.2) is 28.6 Å². The quantitative estimate of drug-likeness (QED) is 0.597. The van der Waals surface area contributed by atoms with Gasteiger partial charge in [-0.2, -0.15) is 0 Å². The second-order valence-electron chi connectivity index (χ2n) is 7.15. The topological polar surface area (TPSA) is 17.3 Å². The van der Waals surface area contributed by atoms with Crippen molar-refractivity contribution in [2.24, 2.45) is 4.99 Å². The summed E-state index contributed by atoms with van der Waals surface area (Å²) in [7, 11) is 0. The van der Waals surface area contributed by atoms with E-state index in [9.17, 15) is 0 Å². The predicted octanol–water partition coefficient (Wildman–Crippen LogP) is 6.22. The Morgan fingerprint density at radius 1 is 1.12 bits per heavy atom. The van der Waals surface area contributed by atoms with Gasteiger partial charge in [-0.1, -0.05) is 35.7 Å². The van der Waals surface area contributed by atoms with E-state index >= 15 is 0 Å². The van der Waals surface area contributed by atoms with Gasteiger partial charge in [0, 0.05) is 28.6 Å². The van der Waals surface area contributed by atoms with E-state index in [0.717, 1.165) is 17.6 Å². The monoisotopic (exact) mass is 382 g/mol. The summed E-state index contributed by atoms with van der Waals surface area (Å²) in [6.45, 7) is 8.72. The van der Waals surface area contributed by atoms with Gasteiger partial charge in [0.05, 0.1) is 10.0 Å². The molecule has 1 saturated carbocycles. The van der Waals surface area contributed by atoms with E-state index < -0.39 is 0 Å². The molecule has 5 heteroatoms. The van der Waals surface area contributed by atoms with Gasteiger partial charge in [-0.15, -0.1) is 11.3 Å². The van der Waals surface area contributed by atoms with Crippen LogP contribution in [-0.2, 0) is 5.41 Å². The molecule has 24 heavy (non-hydrogen) atoms. The maximum absolute atomic E-state index is 6.31. The molecule has 0 amide bonds. The summed E-state index contributed by atoms with van der Waals surface area (Å²) in [5, 5.41) is 3.55. The molecular weight excluding hydrogens is 359 g/mol. The highest BCUT2D eigenvalue weighted by atomic mass is 35.5. The van der Waals surface area contributed by atoms with Crippen LogP contribution in [0.25, 0.3) is 0 Å². The number of halogens is 2. The highest BCUT2D eigenvalue weighted by molar-refractivity contribution is 7.07. The van der Waals surface area contributed by atoms with Crippen molar-refractivity contribution in [3.05, 3.63) is 49.7 Å². The van der Waals surface area contributed by atoms with Crippen LogP contribution in [0, 0.1) is 0 Å². The van der Waals surface area contributed by atoms with Gasteiger partial charge in [0.1, 0.15) is 0 Å². The molecule has 0 saturated heterocycles. The normalized spacial score (nSPS) is 17.6. The van der Waals surface area contributed by atoms with Crippen LogP contribution in [0.1, 0.15) is 64.3 Å². The molecule has 1 heterocycles. The van der Waals surface area contributed by atoms with Crippen molar-refractivity contribution in [1.29, 1.82) is 0 Å². The molecule has 1 aromatic heterocycles. The zero-order valence-corrected chi connectivity index (χ0v) is 17.0. The van der Waals surface area contributed by atoms with Gasteiger partial charge in [-0.25, -0.2) is 0 Å². The molecule has 0 atom stereocenters. The van der Waals surface area contributed by atoms with Gasteiger partial charge in [0.25, 0.3) is 0 Å². The SMILES string of the molecule is CC(C)/N=c1/scc(C2(c3ccc(Cl)c(Cl)c3)CCC2)n1C(C)C. The minimum Gasteiger partial charge on any atom is -0.318 e. The Hall–Kier alpha value is -0.770. The van der Waals surface area contributed by atoms with E-state index in [1.807, 2.05) is 12.1 Å². The van der Waals surface area contributed by atoms with Gasteiger partial charge in [0.2, 0.25) is 0 Å². The number of hydrogen-bond acceptors (Lipinski definition) is 2. The average Bonchev–Trinajstić information content (AvgIpc) is 2.85. The fraction of sp³-hybridized carbons (Fsp3) is 0.526. The maximum atomic E-state index is 6.31. The zero-order valence-electron chi connectivity index (χ0n) is 14.6. The third kappa shape index (κ3) is 3.07. The average molecular weight is 383 g/mol. The van der Waals surface area contributed by atoms with Crippen LogP contribution in [-0.4, -0.2) is 10.6 Å². The molecule has 0 bridgehead atoms. The smallest absolute Gasteiger partial charge is 0.185 e. The van der Waals surface area contributed by atoms with E-state index in [1.165, 1.54) is 17.7 Å². The number of hydrogen-bond donors (Lipinski definition) is 0. The number of thiazole rings is 1. The molecule has 3 rings (SSSR count). The van der Waals surface area contributed by atoms with Crippen LogP contribution in [0.5, 0.6) is 0 Å². The van der Waals surface area contributed by atoms with Crippen molar-refractivity contribution >= 4 is 34.5 Å². The first-order chi connectivity index (χ1) is 11.3. The highest BCUT2D eigenvalue weighted by Crippen LogP contribution is 2.50. The number of benzene rings is 1. The molecule has 1 aromatic carbocycles. The van der Waals surface area contributed by atoms with Crippen LogP contribution in [0.2, 0.25) is 10.0 Å². The van der Waals surface area contributed by atoms with E-state index in [2.05, 4.69) is 43.7 Å². The summed E-state index contributed by atoms with van der Waals surface area (Å²) < 4.78 is 2.41. The molecule has 0 radical (unpaired) electrons. The molecule has 1 aliphatic carbocycles. The van der Waals surface area contributed by atoms with Crippen molar-refractivity contribution < 1.29 is 0 Å². The van der Waals surface area contributed by atoms with Crippen LogP contribution >= 0.6 is 34.5 Å². The molecule has 2 aromatic rings. The van der Waals surface area contributed by atoms with E-state index in [4.69, 9.17) is 28.2 Å². The Bertz CT molecular complexity index is 798. The lowest BCUT2D eigenvalue weighted by atomic mass is 9.62. The molecular formula is C19H24Cl2N2S. The minimum absolute atomic E-state index is 0.0414. The third-order valence-corrected chi connectivity index (χ3v) is 6.39. The lowest BCUT2D eigenvalue weighted by Gasteiger charge is -2.43. The Balaban J connectivity index is 2.18. The number of nitrogens with zero attached hydrogens (tertiary/aromatic N) is 2. The van der Waals surface area contributed by atoms with E-state index in [1.54, 1.807) is 11.3 Å². The van der Waals surface area contributed by atoms with Crippen molar-refractivity contribution in [2.75, 3.05) is 0 Å². The minimum atomic E-state index is 0.0414. The van der Waals surface area contributed by atoms with Crippen molar-refractivity contribution in [3.8, 4) is 0 Å². The molecule has 0 N–H and O–H groups in total. The summed E-state index contributed by atoms with van der Waals surface area (Å²) in [4.78, 5) is 5.95. The first kappa shape index (κ1) is 18.0. The van der Waals surface area contributed by atoms with Gasteiger partial charge in [0.15, 0.2) is 4.80 Å². The Labute approximate surface area is 158 Å². The van der Waals surface area contributed by atoms with Gasteiger partial charge in [-0.3, -0.25) is 4.99 Å².